The normalized spacial score (nSPS) is 35.6. The van der Waals surface area contributed by atoms with Crippen molar-refractivity contribution in [1.29, 1.82) is 0 Å². The Morgan fingerprint density at radius 1 is 1.04 bits per heavy atom. The van der Waals surface area contributed by atoms with E-state index in [0.717, 1.165) is 0 Å². The van der Waals surface area contributed by atoms with Gasteiger partial charge in [0.05, 0.1) is 13.2 Å². The zero-order chi connectivity index (χ0) is 17.7. The Labute approximate surface area is 130 Å². The fourth-order valence-corrected chi connectivity index (χ4v) is 2.09. The Morgan fingerprint density at radius 3 is 2.13 bits per heavy atom. The van der Waals surface area contributed by atoms with Gasteiger partial charge in [-0.05, 0) is 0 Å². The highest BCUT2D eigenvalue weighted by molar-refractivity contribution is 5.84. The largest absolute Gasteiger partial charge is 0.394 e. The molecule has 0 unspecified atom stereocenters. The van der Waals surface area contributed by atoms with E-state index in [9.17, 15) is 30.3 Å². The lowest BCUT2D eigenvalue weighted by Gasteiger charge is -2.41. The van der Waals surface area contributed by atoms with E-state index in [1.54, 1.807) is 0 Å². The molecule has 0 aliphatic carbocycles. The first kappa shape index (κ1) is 20.3. The zero-order valence-electron chi connectivity index (χ0n) is 12.0. The van der Waals surface area contributed by atoms with Crippen molar-refractivity contribution < 1.29 is 55.1 Å². The highest BCUT2D eigenvalue weighted by atomic mass is 16.7. The molecule has 0 saturated carbocycles. The fourth-order valence-electron chi connectivity index (χ4n) is 2.09. The predicted octanol–water partition coefficient (Wildman–Crippen LogP) is -5.55. The van der Waals surface area contributed by atoms with Crippen LogP contribution in [0.2, 0.25) is 0 Å². The third-order valence-electron chi connectivity index (χ3n) is 3.50. The molecule has 1 aliphatic rings. The van der Waals surface area contributed by atoms with Crippen molar-refractivity contribution in [3.63, 3.8) is 0 Å². The molecular weight excluding hydrogens is 320 g/mol. The van der Waals surface area contributed by atoms with Gasteiger partial charge in [-0.25, -0.2) is 0 Å². The summed E-state index contributed by atoms with van der Waals surface area (Å²) in [5.41, 5.74) is 0. The molecule has 136 valence electrons. The van der Waals surface area contributed by atoms with Crippen molar-refractivity contribution in [3.05, 3.63) is 0 Å². The Morgan fingerprint density at radius 2 is 1.65 bits per heavy atom. The van der Waals surface area contributed by atoms with Gasteiger partial charge in [0.1, 0.15) is 49.3 Å². The van der Waals surface area contributed by atoms with E-state index in [1.807, 2.05) is 0 Å². The molecule has 0 aromatic rings. The van der Waals surface area contributed by atoms with Crippen LogP contribution in [0.5, 0.6) is 0 Å². The van der Waals surface area contributed by atoms with Crippen molar-refractivity contribution >= 4 is 5.78 Å². The van der Waals surface area contributed by atoms with Crippen LogP contribution < -0.4 is 0 Å². The van der Waals surface area contributed by atoms with Gasteiger partial charge in [-0.3, -0.25) is 4.79 Å². The maximum atomic E-state index is 11.3. The van der Waals surface area contributed by atoms with Crippen molar-refractivity contribution in [2.75, 3.05) is 19.8 Å². The standard InChI is InChI=1S/C12H22O11/c13-1-4(16)7(18)11(5(17)2-14)23-12-10(21)9(20)8(19)6(3-15)22-12/h5-15,17-21H,1-3H2/t5-,6+,7+,8+,9-,10+,11+,12-/m1/s1. The minimum atomic E-state index is -2.05. The van der Waals surface area contributed by atoms with Gasteiger partial charge in [-0.15, -0.1) is 0 Å². The summed E-state index contributed by atoms with van der Waals surface area (Å²) in [4.78, 5) is 11.3. The summed E-state index contributed by atoms with van der Waals surface area (Å²) < 4.78 is 10.1. The highest BCUT2D eigenvalue weighted by Crippen LogP contribution is 2.24. The van der Waals surface area contributed by atoms with Crippen LogP contribution >= 0.6 is 0 Å². The van der Waals surface area contributed by atoms with Crippen molar-refractivity contribution in [1.82, 2.24) is 0 Å². The third-order valence-corrected chi connectivity index (χ3v) is 3.50. The summed E-state index contributed by atoms with van der Waals surface area (Å²) in [7, 11) is 0. The molecule has 1 aliphatic heterocycles. The summed E-state index contributed by atoms with van der Waals surface area (Å²) in [5.74, 6) is -1.12. The van der Waals surface area contributed by atoms with Gasteiger partial charge in [-0.2, -0.15) is 0 Å². The Hall–Kier alpha value is -0.730. The Balaban J connectivity index is 2.91. The number of aliphatic hydroxyl groups excluding tert-OH is 8. The molecule has 8 N–H and O–H groups in total. The molecule has 8 atom stereocenters. The molecule has 0 spiro atoms. The summed E-state index contributed by atoms with van der Waals surface area (Å²) >= 11 is 0. The maximum Gasteiger partial charge on any atom is 0.189 e. The van der Waals surface area contributed by atoms with Crippen LogP contribution in [0.25, 0.3) is 0 Å². The number of rotatable bonds is 8. The van der Waals surface area contributed by atoms with E-state index in [0.29, 0.717) is 0 Å². The number of hydrogen-bond acceptors (Lipinski definition) is 11. The molecule has 0 aromatic carbocycles. The second kappa shape index (κ2) is 8.94. The highest BCUT2D eigenvalue weighted by Gasteiger charge is 2.46. The maximum absolute atomic E-state index is 11.3. The number of hydrogen-bond donors (Lipinski definition) is 8. The van der Waals surface area contributed by atoms with Gasteiger partial charge >= 0.3 is 0 Å². The topological polar surface area (TPSA) is 197 Å². The molecule has 1 rings (SSSR count). The molecule has 11 heteroatoms. The molecule has 23 heavy (non-hydrogen) atoms. The molecular formula is C12H22O11. The summed E-state index contributed by atoms with van der Waals surface area (Å²) in [6.45, 7) is -2.71. The molecule has 0 amide bonds. The molecule has 11 nitrogen and oxygen atoms in total. The minimum Gasteiger partial charge on any atom is -0.394 e. The molecule has 0 radical (unpaired) electrons. The monoisotopic (exact) mass is 342 g/mol. The average molecular weight is 342 g/mol. The SMILES string of the molecule is O=C(CO)[C@H](O)[C@@H](O[C@H]1O[C@@H](CO)[C@H](O)[C@@H](O)[C@@H]1O)[C@H](O)CO. The Bertz CT molecular complexity index is 376. The lowest BCUT2D eigenvalue weighted by atomic mass is 9.98. The summed E-state index contributed by atoms with van der Waals surface area (Å²) in [6.07, 6.45) is -13.8. The van der Waals surface area contributed by atoms with Crippen LogP contribution in [0.15, 0.2) is 0 Å². The number of Topliss-reactive ketones (excluding diaryl/α,β-unsaturated/α-hetero) is 1. The fraction of sp³-hybridized carbons (Fsp3) is 0.917. The summed E-state index contributed by atoms with van der Waals surface area (Å²) in [6, 6.07) is 0. The van der Waals surface area contributed by atoms with Gasteiger partial charge in [0.15, 0.2) is 12.1 Å². The molecule has 1 fully saturated rings. The average Bonchev–Trinajstić information content (AvgIpc) is 2.57. The van der Waals surface area contributed by atoms with Crippen LogP contribution in [0.3, 0.4) is 0 Å². The van der Waals surface area contributed by atoms with Gasteiger partial charge in [0.2, 0.25) is 0 Å². The minimum absolute atomic E-state index is 0.726. The number of ketones is 1. The predicted molar refractivity (Wildman–Crippen MR) is 69.8 cm³/mol. The zero-order valence-corrected chi connectivity index (χ0v) is 12.0. The molecule has 1 saturated heterocycles. The number of aliphatic hydroxyl groups is 8. The van der Waals surface area contributed by atoms with E-state index in [2.05, 4.69) is 0 Å². The molecule has 0 bridgehead atoms. The number of ether oxygens (including phenoxy) is 2. The second-order valence-corrected chi connectivity index (χ2v) is 5.12. The van der Waals surface area contributed by atoms with E-state index in [4.69, 9.17) is 24.8 Å². The number of carbonyl (C=O) groups excluding carboxylic acids is 1. The summed E-state index contributed by atoms with van der Waals surface area (Å²) in [5, 5.41) is 75.1. The quantitative estimate of drug-likeness (QED) is 0.209. The smallest absolute Gasteiger partial charge is 0.189 e. The third kappa shape index (κ3) is 4.64. The molecule has 0 aromatic heterocycles. The van der Waals surface area contributed by atoms with Crippen LogP contribution in [0.1, 0.15) is 0 Å². The lowest BCUT2D eigenvalue weighted by molar-refractivity contribution is -0.323. The van der Waals surface area contributed by atoms with Gasteiger partial charge < -0.3 is 50.3 Å². The first-order valence-corrected chi connectivity index (χ1v) is 6.85. The van der Waals surface area contributed by atoms with Crippen LogP contribution in [0, 0.1) is 0 Å². The number of carbonyl (C=O) groups is 1. The van der Waals surface area contributed by atoms with E-state index >= 15 is 0 Å². The van der Waals surface area contributed by atoms with Crippen LogP contribution in [-0.2, 0) is 14.3 Å². The first-order chi connectivity index (χ1) is 10.8. The van der Waals surface area contributed by atoms with Gasteiger partial charge in [0.25, 0.3) is 0 Å². The first-order valence-electron chi connectivity index (χ1n) is 6.85. The van der Waals surface area contributed by atoms with Crippen molar-refractivity contribution in [2.24, 2.45) is 0 Å². The Kier molecular flexibility index (Phi) is 7.89. The van der Waals surface area contributed by atoms with E-state index in [-0.39, 0.29) is 0 Å². The molecule has 1 heterocycles. The van der Waals surface area contributed by atoms with Crippen LogP contribution in [-0.4, -0.2) is 115 Å². The van der Waals surface area contributed by atoms with Crippen LogP contribution in [0.4, 0.5) is 0 Å². The lowest BCUT2D eigenvalue weighted by Crippen LogP contribution is -2.61. The second-order valence-electron chi connectivity index (χ2n) is 5.12. The van der Waals surface area contributed by atoms with Crippen molar-refractivity contribution in [2.45, 2.75) is 49.0 Å². The van der Waals surface area contributed by atoms with Gasteiger partial charge in [-0.1, -0.05) is 0 Å². The van der Waals surface area contributed by atoms with Gasteiger partial charge in [0, 0.05) is 0 Å². The van der Waals surface area contributed by atoms with E-state index < -0.39 is 74.6 Å². The van der Waals surface area contributed by atoms with E-state index in [1.165, 1.54) is 0 Å². The van der Waals surface area contributed by atoms with Crippen molar-refractivity contribution in [3.8, 4) is 0 Å².